The van der Waals surface area contributed by atoms with Crippen LogP contribution < -0.4 is 9.47 Å². The highest BCUT2D eigenvalue weighted by atomic mass is 16.5. The fourth-order valence-electron chi connectivity index (χ4n) is 4.19. The number of nitrogens with zero attached hydrogens (tertiary/aromatic N) is 4. The predicted octanol–water partition coefficient (Wildman–Crippen LogP) is 4.23. The van der Waals surface area contributed by atoms with Gasteiger partial charge in [-0.15, -0.1) is 0 Å². The van der Waals surface area contributed by atoms with Crippen LogP contribution in [0.5, 0.6) is 11.5 Å². The number of carbonyl (C=O) groups is 1. The van der Waals surface area contributed by atoms with Gasteiger partial charge in [-0.3, -0.25) is 4.79 Å². The Kier molecular flexibility index (Phi) is 5.88. The van der Waals surface area contributed by atoms with Gasteiger partial charge in [0.15, 0.2) is 17.1 Å². The normalized spacial score (nSPS) is 14.2. The Labute approximate surface area is 176 Å². The first-order valence-corrected chi connectivity index (χ1v) is 10.5. The van der Waals surface area contributed by atoms with Crippen LogP contribution in [-0.2, 0) is 6.54 Å². The van der Waals surface area contributed by atoms with Crippen LogP contribution in [0.3, 0.4) is 0 Å². The second-order valence-corrected chi connectivity index (χ2v) is 7.70. The van der Waals surface area contributed by atoms with Gasteiger partial charge in [0, 0.05) is 31.4 Å². The van der Waals surface area contributed by atoms with Crippen LogP contribution in [-0.4, -0.2) is 46.1 Å². The molecule has 2 heterocycles. The van der Waals surface area contributed by atoms with E-state index in [1.165, 1.54) is 25.7 Å². The Bertz CT molecular complexity index is 1040. The number of carbonyl (C=O) groups excluding carboxylic acids is 1. The zero-order valence-corrected chi connectivity index (χ0v) is 17.8. The lowest BCUT2D eigenvalue weighted by Gasteiger charge is -2.20. The molecule has 2 aromatic heterocycles. The average Bonchev–Trinajstić information content (AvgIpc) is 3.43. The summed E-state index contributed by atoms with van der Waals surface area (Å²) in [6.45, 7) is 2.85. The maximum atomic E-state index is 13.1. The molecule has 1 aromatic carbocycles. The van der Waals surface area contributed by atoms with Crippen LogP contribution in [0.15, 0.2) is 36.8 Å². The summed E-state index contributed by atoms with van der Waals surface area (Å²) in [7, 11) is 3.39. The van der Waals surface area contributed by atoms with Crippen molar-refractivity contribution in [3.8, 4) is 11.5 Å². The SMILES string of the molecule is CCOc1c(CN(C)C(=O)c2cnc3c(c2)ncn3C2CCCC2)cccc1OC. The highest BCUT2D eigenvalue weighted by molar-refractivity contribution is 5.96. The number of amides is 1. The first kappa shape index (κ1) is 20.2. The number of pyridine rings is 1. The molecule has 1 aliphatic rings. The fourth-order valence-corrected chi connectivity index (χ4v) is 4.19. The molecule has 1 amide bonds. The summed E-state index contributed by atoms with van der Waals surface area (Å²) in [6.07, 6.45) is 8.34. The highest BCUT2D eigenvalue weighted by Crippen LogP contribution is 2.33. The fraction of sp³-hybridized carbons (Fsp3) is 0.435. The van der Waals surface area contributed by atoms with Crippen molar-refractivity contribution in [1.82, 2.24) is 19.4 Å². The minimum atomic E-state index is -0.106. The molecule has 1 fully saturated rings. The van der Waals surface area contributed by atoms with Crippen molar-refractivity contribution in [2.75, 3.05) is 20.8 Å². The molecule has 158 valence electrons. The lowest BCUT2D eigenvalue weighted by atomic mass is 10.1. The Morgan fingerprint density at radius 3 is 2.80 bits per heavy atom. The maximum absolute atomic E-state index is 13.1. The van der Waals surface area contributed by atoms with Gasteiger partial charge in [0.1, 0.15) is 5.52 Å². The molecule has 7 heteroatoms. The van der Waals surface area contributed by atoms with E-state index in [1.807, 2.05) is 37.5 Å². The second-order valence-electron chi connectivity index (χ2n) is 7.70. The van der Waals surface area contributed by atoms with Gasteiger partial charge < -0.3 is 18.9 Å². The van der Waals surface area contributed by atoms with Crippen LogP contribution in [0.25, 0.3) is 11.2 Å². The zero-order chi connectivity index (χ0) is 21.1. The molecule has 0 aliphatic heterocycles. The first-order chi connectivity index (χ1) is 14.6. The number of ether oxygens (including phenoxy) is 2. The molecule has 30 heavy (non-hydrogen) atoms. The summed E-state index contributed by atoms with van der Waals surface area (Å²) >= 11 is 0. The molecule has 3 aromatic rings. The van der Waals surface area contributed by atoms with Crippen LogP contribution in [0.4, 0.5) is 0 Å². The highest BCUT2D eigenvalue weighted by Gasteiger charge is 2.21. The zero-order valence-electron chi connectivity index (χ0n) is 17.8. The molecule has 1 aliphatic carbocycles. The Balaban J connectivity index is 1.55. The number of aromatic nitrogens is 3. The van der Waals surface area contributed by atoms with E-state index in [9.17, 15) is 4.79 Å². The van der Waals surface area contributed by atoms with Crippen LogP contribution in [0, 0.1) is 0 Å². The summed E-state index contributed by atoms with van der Waals surface area (Å²) < 4.78 is 13.3. The topological polar surface area (TPSA) is 69.5 Å². The predicted molar refractivity (Wildman–Crippen MR) is 115 cm³/mol. The van der Waals surface area contributed by atoms with Crippen LogP contribution in [0.2, 0.25) is 0 Å². The molecule has 0 spiro atoms. The van der Waals surface area contributed by atoms with Gasteiger partial charge >= 0.3 is 0 Å². The third kappa shape index (κ3) is 3.84. The lowest BCUT2D eigenvalue weighted by Crippen LogP contribution is -2.26. The molecular formula is C23H28N4O3. The summed E-state index contributed by atoms with van der Waals surface area (Å²) in [5.41, 5.74) is 3.04. The van der Waals surface area contributed by atoms with E-state index in [1.54, 1.807) is 25.3 Å². The number of imidazole rings is 1. The summed E-state index contributed by atoms with van der Waals surface area (Å²) in [4.78, 5) is 23.8. The molecule has 0 atom stereocenters. The van der Waals surface area contributed by atoms with Crippen LogP contribution >= 0.6 is 0 Å². The van der Waals surface area contributed by atoms with Gasteiger partial charge in [-0.25, -0.2) is 9.97 Å². The van der Waals surface area contributed by atoms with E-state index in [0.717, 1.165) is 16.7 Å². The summed E-state index contributed by atoms with van der Waals surface area (Å²) in [6, 6.07) is 8.01. The van der Waals surface area contributed by atoms with E-state index in [0.29, 0.717) is 36.3 Å². The van der Waals surface area contributed by atoms with Gasteiger partial charge in [-0.1, -0.05) is 25.0 Å². The van der Waals surface area contributed by atoms with E-state index >= 15 is 0 Å². The summed E-state index contributed by atoms with van der Waals surface area (Å²) in [5.74, 6) is 1.23. The Morgan fingerprint density at radius 1 is 1.27 bits per heavy atom. The molecule has 1 saturated carbocycles. The van der Waals surface area contributed by atoms with Crippen molar-refractivity contribution >= 4 is 17.1 Å². The molecule has 0 N–H and O–H groups in total. The number of rotatable bonds is 7. The largest absolute Gasteiger partial charge is 0.493 e. The molecule has 7 nitrogen and oxygen atoms in total. The standard InChI is InChI=1S/C23H28N4O3/c1-4-30-21-16(8-7-11-20(21)29-3)14-26(2)23(28)17-12-19-22(24-13-17)27(15-25-19)18-9-5-6-10-18/h7-8,11-13,15,18H,4-6,9-10,14H2,1-3H3. The minimum absolute atomic E-state index is 0.106. The van der Waals surface area contributed by atoms with Crippen molar-refractivity contribution in [2.24, 2.45) is 0 Å². The molecule has 0 radical (unpaired) electrons. The number of hydrogen-bond donors (Lipinski definition) is 0. The average molecular weight is 409 g/mol. The minimum Gasteiger partial charge on any atom is -0.493 e. The van der Waals surface area contributed by atoms with Crippen molar-refractivity contribution in [3.63, 3.8) is 0 Å². The molecule has 0 saturated heterocycles. The number of benzene rings is 1. The van der Waals surface area contributed by atoms with Crippen molar-refractivity contribution in [1.29, 1.82) is 0 Å². The van der Waals surface area contributed by atoms with E-state index < -0.39 is 0 Å². The molecule has 0 unspecified atom stereocenters. The van der Waals surface area contributed by atoms with E-state index in [-0.39, 0.29) is 5.91 Å². The molecule has 0 bridgehead atoms. The van der Waals surface area contributed by atoms with Crippen molar-refractivity contribution < 1.29 is 14.3 Å². The summed E-state index contributed by atoms with van der Waals surface area (Å²) in [5, 5.41) is 0. The van der Waals surface area contributed by atoms with E-state index in [2.05, 4.69) is 14.5 Å². The smallest absolute Gasteiger partial charge is 0.255 e. The van der Waals surface area contributed by atoms with Gasteiger partial charge in [0.25, 0.3) is 5.91 Å². The molecular weight excluding hydrogens is 380 g/mol. The monoisotopic (exact) mass is 408 g/mol. The lowest BCUT2D eigenvalue weighted by molar-refractivity contribution is 0.0783. The number of hydrogen-bond acceptors (Lipinski definition) is 5. The Hall–Kier alpha value is -3.09. The number of para-hydroxylation sites is 1. The number of methoxy groups -OCH3 is 1. The third-order valence-electron chi connectivity index (χ3n) is 5.70. The first-order valence-electron chi connectivity index (χ1n) is 10.5. The van der Waals surface area contributed by atoms with Gasteiger partial charge in [0.2, 0.25) is 0 Å². The van der Waals surface area contributed by atoms with Crippen molar-refractivity contribution in [2.45, 2.75) is 45.2 Å². The Morgan fingerprint density at radius 2 is 2.07 bits per heavy atom. The second kappa shape index (κ2) is 8.73. The van der Waals surface area contributed by atoms with Crippen LogP contribution in [0.1, 0.15) is 54.6 Å². The molecule has 4 rings (SSSR count). The quantitative estimate of drug-likeness (QED) is 0.585. The maximum Gasteiger partial charge on any atom is 0.255 e. The van der Waals surface area contributed by atoms with Gasteiger partial charge in [-0.2, -0.15) is 0 Å². The number of fused-ring (bicyclic) bond motifs is 1. The van der Waals surface area contributed by atoms with E-state index in [4.69, 9.17) is 9.47 Å². The van der Waals surface area contributed by atoms with Gasteiger partial charge in [0.05, 0.1) is 25.6 Å². The van der Waals surface area contributed by atoms with Crippen molar-refractivity contribution in [3.05, 3.63) is 47.9 Å². The third-order valence-corrected chi connectivity index (χ3v) is 5.70. The van der Waals surface area contributed by atoms with Gasteiger partial charge in [-0.05, 0) is 31.9 Å².